The fraction of sp³-hybridized carbons (Fsp3) is 0.238. The molecule has 1 unspecified atom stereocenters. The number of ether oxygens (including phenoxy) is 3. The van der Waals surface area contributed by atoms with E-state index in [0.29, 0.717) is 43.3 Å². The van der Waals surface area contributed by atoms with Crippen molar-refractivity contribution in [3.05, 3.63) is 60.4 Å². The van der Waals surface area contributed by atoms with Crippen LogP contribution in [-0.2, 0) is 0 Å². The third kappa shape index (κ3) is 4.45. The molecule has 0 spiro atoms. The maximum absolute atomic E-state index is 6.40. The lowest BCUT2D eigenvalue weighted by Gasteiger charge is -2.23. The molecule has 6 nitrogen and oxygen atoms in total. The van der Waals surface area contributed by atoms with Gasteiger partial charge >= 0.3 is 0 Å². The summed E-state index contributed by atoms with van der Waals surface area (Å²) in [5.74, 6) is 1.57. The number of halogens is 4. The van der Waals surface area contributed by atoms with Gasteiger partial charge in [0.25, 0.3) is 0 Å². The van der Waals surface area contributed by atoms with Gasteiger partial charge in [0.05, 0.1) is 43.6 Å². The number of hydrogen-bond donors (Lipinski definition) is 0. The Morgan fingerprint density at radius 3 is 2.03 bits per heavy atom. The Morgan fingerprint density at radius 1 is 0.906 bits per heavy atom. The summed E-state index contributed by atoms with van der Waals surface area (Å²) in [5.41, 5.74) is 2.31. The zero-order valence-corrected chi connectivity index (χ0v) is 21.0. The summed E-state index contributed by atoms with van der Waals surface area (Å²) in [5, 5.41) is 8.04. The smallest absolute Gasteiger partial charge is 0.203 e. The lowest BCUT2D eigenvalue weighted by atomic mass is 10.0. The van der Waals surface area contributed by atoms with Crippen LogP contribution in [0.5, 0.6) is 17.2 Å². The number of benzene rings is 2. The monoisotopic (exact) mass is 531 g/mol. The Balaban J connectivity index is 1.84. The number of anilines is 1. The second kappa shape index (κ2) is 9.53. The van der Waals surface area contributed by atoms with E-state index >= 15 is 0 Å². The molecule has 0 fully saturated rings. The first-order chi connectivity index (χ1) is 15.3. The number of aromatic nitrogens is 1. The van der Waals surface area contributed by atoms with E-state index < -0.39 is 0 Å². The molecule has 2 aromatic carbocycles. The average molecular weight is 533 g/mol. The van der Waals surface area contributed by atoms with Gasteiger partial charge in [-0.15, -0.1) is 11.3 Å². The zero-order chi connectivity index (χ0) is 23.0. The minimum absolute atomic E-state index is 0.254. The first-order valence-corrected chi connectivity index (χ1v) is 11.6. The van der Waals surface area contributed by atoms with E-state index in [1.165, 1.54) is 11.3 Å². The highest BCUT2D eigenvalue weighted by Gasteiger charge is 2.34. The third-order valence-corrected chi connectivity index (χ3v) is 7.00. The van der Waals surface area contributed by atoms with Gasteiger partial charge in [-0.25, -0.2) is 4.98 Å². The summed E-state index contributed by atoms with van der Waals surface area (Å²) in [6, 6.07) is 8.70. The molecule has 1 aromatic heterocycles. The minimum atomic E-state index is -0.254. The van der Waals surface area contributed by atoms with Gasteiger partial charge in [0.1, 0.15) is 5.15 Å². The molecule has 0 bridgehead atoms. The van der Waals surface area contributed by atoms with Crippen LogP contribution in [0.25, 0.3) is 0 Å². The van der Waals surface area contributed by atoms with E-state index in [0.717, 1.165) is 21.8 Å². The lowest BCUT2D eigenvalue weighted by Crippen LogP contribution is -2.18. The molecule has 1 aliphatic heterocycles. The Morgan fingerprint density at radius 2 is 1.53 bits per heavy atom. The van der Waals surface area contributed by atoms with Crippen molar-refractivity contribution >= 4 is 69.1 Å². The number of methoxy groups -OCH3 is 3. The standard InChI is InChI=1S/C21H17Cl4N3O3S/c1-29-16-4-10(5-17(30-2)18(16)31-3)14-9-15(19-20(24)26-21(25)32-19)28(27-14)13-7-11(22)6-12(23)8-13/h4-8,15H,9H2,1-3H3. The van der Waals surface area contributed by atoms with Crippen molar-refractivity contribution in [3.63, 3.8) is 0 Å². The van der Waals surface area contributed by atoms with Crippen molar-refractivity contribution in [3.8, 4) is 17.2 Å². The molecule has 0 saturated heterocycles. The molecule has 0 aliphatic carbocycles. The van der Waals surface area contributed by atoms with E-state index in [-0.39, 0.29) is 6.04 Å². The molecule has 32 heavy (non-hydrogen) atoms. The van der Waals surface area contributed by atoms with Crippen LogP contribution in [0.3, 0.4) is 0 Å². The summed E-state index contributed by atoms with van der Waals surface area (Å²) in [6.07, 6.45) is 0.529. The maximum atomic E-state index is 6.40. The molecule has 3 aromatic rings. The van der Waals surface area contributed by atoms with Gasteiger partial charge in [-0.3, -0.25) is 5.01 Å². The fourth-order valence-electron chi connectivity index (χ4n) is 3.54. The summed E-state index contributed by atoms with van der Waals surface area (Å²) in [4.78, 5) is 4.95. The van der Waals surface area contributed by atoms with Crippen molar-refractivity contribution < 1.29 is 14.2 Å². The van der Waals surface area contributed by atoms with Crippen LogP contribution >= 0.6 is 57.7 Å². The molecule has 4 rings (SSSR count). The van der Waals surface area contributed by atoms with Crippen LogP contribution < -0.4 is 19.2 Å². The molecule has 2 heterocycles. The van der Waals surface area contributed by atoms with E-state index in [1.54, 1.807) is 39.5 Å². The van der Waals surface area contributed by atoms with Crippen LogP contribution in [0.15, 0.2) is 35.4 Å². The van der Waals surface area contributed by atoms with Crippen molar-refractivity contribution in [2.24, 2.45) is 5.10 Å². The van der Waals surface area contributed by atoms with Crippen LogP contribution in [0.1, 0.15) is 22.9 Å². The number of hydrazone groups is 1. The Kier molecular flexibility index (Phi) is 6.93. The van der Waals surface area contributed by atoms with Crippen molar-refractivity contribution in [1.29, 1.82) is 0 Å². The molecule has 168 valence electrons. The largest absolute Gasteiger partial charge is 0.493 e. The second-order valence-corrected chi connectivity index (χ2v) is 9.62. The number of hydrogen-bond acceptors (Lipinski definition) is 7. The van der Waals surface area contributed by atoms with E-state index in [1.807, 2.05) is 17.1 Å². The van der Waals surface area contributed by atoms with E-state index in [4.69, 9.17) is 65.7 Å². The van der Waals surface area contributed by atoms with E-state index in [2.05, 4.69) is 4.98 Å². The lowest BCUT2D eigenvalue weighted by molar-refractivity contribution is 0.324. The highest BCUT2D eigenvalue weighted by molar-refractivity contribution is 7.16. The highest BCUT2D eigenvalue weighted by atomic mass is 35.5. The van der Waals surface area contributed by atoms with Crippen LogP contribution in [-0.4, -0.2) is 32.0 Å². The predicted octanol–water partition coefficient (Wildman–Crippen LogP) is 7.14. The molecular weight excluding hydrogens is 516 g/mol. The van der Waals surface area contributed by atoms with Crippen LogP contribution in [0.4, 0.5) is 5.69 Å². The SMILES string of the molecule is COc1cc(C2=NN(c3cc(Cl)cc(Cl)c3)C(c3sc(Cl)nc3Cl)C2)cc(OC)c1OC. The van der Waals surface area contributed by atoms with Crippen molar-refractivity contribution in [1.82, 2.24) is 4.98 Å². The van der Waals surface area contributed by atoms with E-state index in [9.17, 15) is 0 Å². The van der Waals surface area contributed by atoms with Gasteiger partial charge in [-0.05, 0) is 30.3 Å². The number of thiazole rings is 1. The number of rotatable bonds is 6. The van der Waals surface area contributed by atoms with Gasteiger partial charge < -0.3 is 14.2 Å². The molecular formula is C21H17Cl4N3O3S. The quantitative estimate of drug-likeness (QED) is 0.337. The third-order valence-electron chi connectivity index (χ3n) is 4.91. The van der Waals surface area contributed by atoms with Crippen molar-refractivity contribution in [2.75, 3.05) is 26.3 Å². The van der Waals surface area contributed by atoms with Gasteiger partial charge in [0.15, 0.2) is 16.0 Å². The highest BCUT2D eigenvalue weighted by Crippen LogP contribution is 2.45. The van der Waals surface area contributed by atoms with Gasteiger partial charge in [-0.2, -0.15) is 5.10 Å². The molecule has 0 radical (unpaired) electrons. The normalized spacial score (nSPS) is 15.7. The fourth-order valence-corrected chi connectivity index (χ4v) is 5.58. The summed E-state index contributed by atoms with van der Waals surface area (Å²) < 4.78 is 16.8. The summed E-state index contributed by atoms with van der Waals surface area (Å²) >= 11 is 26.4. The Labute approximate surface area is 209 Å². The Hall–Kier alpha value is -1.90. The van der Waals surface area contributed by atoms with Crippen LogP contribution in [0.2, 0.25) is 19.7 Å². The molecule has 0 saturated carbocycles. The first-order valence-electron chi connectivity index (χ1n) is 9.29. The molecule has 1 atom stereocenters. The molecule has 1 aliphatic rings. The van der Waals surface area contributed by atoms with Gasteiger partial charge in [0.2, 0.25) is 5.75 Å². The summed E-state index contributed by atoms with van der Waals surface area (Å²) in [7, 11) is 4.70. The predicted molar refractivity (Wildman–Crippen MR) is 131 cm³/mol. The maximum Gasteiger partial charge on any atom is 0.203 e. The van der Waals surface area contributed by atoms with Crippen molar-refractivity contribution in [2.45, 2.75) is 12.5 Å². The Bertz CT molecular complexity index is 1160. The van der Waals surface area contributed by atoms with Gasteiger partial charge in [0, 0.05) is 22.0 Å². The summed E-state index contributed by atoms with van der Waals surface area (Å²) in [6.45, 7) is 0. The van der Waals surface area contributed by atoms with Gasteiger partial charge in [-0.1, -0.05) is 46.4 Å². The topological polar surface area (TPSA) is 56.2 Å². The second-order valence-electron chi connectivity index (χ2n) is 6.77. The zero-order valence-electron chi connectivity index (χ0n) is 17.2. The molecule has 0 N–H and O–H groups in total. The molecule has 0 amide bonds. The first kappa shape index (κ1) is 23.3. The van der Waals surface area contributed by atoms with Crippen LogP contribution in [0, 0.1) is 0 Å². The number of nitrogens with zero attached hydrogens (tertiary/aromatic N) is 3. The minimum Gasteiger partial charge on any atom is -0.493 e. The average Bonchev–Trinajstić information content (AvgIpc) is 3.34. The molecule has 11 heteroatoms.